The second-order valence-electron chi connectivity index (χ2n) is 5.98. The van der Waals surface area contributed by atoms with Crippen LogP contribution in [0, 0.1) is 0 Å². The molecule has 0 aliphatic rings. The summed E-state index contributed by atoms with van der Waals surface area (Å²) in [4.78, 5) is 12.5. The van der Waals surface area contributed by atoms with Gasteiger partial charge >= 0.3 is 0 Å². The molecule has 2 rings (SSSR count). The average molecular weight is 431 g/mol. The zero-order chi connectivity index (χ0) is 20.2. The lowest BCUT2D eigenvalue weighted by Gasteiger charge is -2.15. The highest BCUT2D eigenvalue weighted by Gasteiger charge is 2.23. The summed E-state index contributed by atoms with van der Waals surface area (Å²) in [5.74, 6) is -0.328. The van der Waals surface area contributed by atoms with Crippen LogP contribution in [0.15, 0.2) is 41.3 Å². The van der Waals surface area contributed by atoms with Crippen molar-refractivity contribution >= 4 is 44.8 Å². The van der Waals surface area contributed by atoms with Crippen molar-refractivity contribution in [2.45, 2.75) is 31.7 Å². The quantitative estimate of drug-likeness (QED) is 0.684. The molecular formula is C18H20Cl2N2O4S. The molecule has 0 spiro atoms. The minimum atomic E-state index is -3.85. The summed E-state index contributed by atoms with van der Waals surface area (Å²) in [6.07, 6.45) is 0. The van der Waals surface area contributed by atoms with Crippen molar-refractivity contribution in [3.63, 3.8) is 0 Å². The number of amides is 1. The van der Waals surface area contributed by atoms with E-state index >= 15 is 0 Å². The van der Waals surface area contributed by atoms with E-state index in [4.69, 9.17) is 27.9 Å². The number of hydrogen-bond donors (Lipinski definition) is 2. The fourth-order valence-electron chi connectivity index (χ4n) is 2.34. The maximum Gasteiger partial charge on any atom is 0.255 e. The second kappa shape index (κ2) is 8.93. The summed E-state index contributed by atoms with van der Waals surface area (Å²) in [5, 5.41) is 3.39. The van der Waals surface area contributed by atoms with Crippen molar-refractivity contribution in [2.75, 3.05) is 11.9 Å². The van der Waals surface area contributed by atoms with Crippen molar-refractivity contribution in [1.29, 1.82) is 0 Å². The standard InChI is InChI=1S/C18H20Cl2N2O4S/c1-4-26-16-6-5-12(7-17(16)27(24,25)22-11(2)3)18(23)21-15-9-13(19)8-14(20)10-15/h5-11,22H,4H2,1-3H3,(H,21,23). The number of rotatable bonds is 7. The molecule has 0 saturated carbocycles. The third-order valence-electron chi connectivity index (χ3n) is 3.31. The molecule has 0 aliphatic carbocycles. The molecule has 2 N–H and O–H groups in total. The topological polar surface area (TPSA) is 84.5 Å². The van der Waals surface area contributed by atoms with Crippen LogP contribution in [-0.4, -0.2) is 27.0 Å². The van der Waals surface area contributed by atoms with Crippen molar-refractivity contribution < 1.29 is 17.9 Å². The Morgan fingerprint density at radius 2 is 1.74 bits per heavy atom. The number of carbonyl (C=O) groups excluding carboxylic acids is 1. The lowest BCUT2D eigenvalue weighted by atomic mass is 10.2. The van der Waals surface area contributed by atoms with Gasteiger partial charge in [0.25, 0.3) is 5.91 Å². The first-order valence-corrected chi connectivity index (χ1v) is 10.4. The van der Waals surface area contributed by atoms with Crippen LogP contribution in [0.2, 0.25) is 10.0 Å². The molecular weight excluding hydrogens is 411 g/mol. The van der Waals surface area contributed by atoms with Crippen molar-refractivity contribution in [2.24, 2.45) is 0 Å². The summed E-state index contributed by atoms with van der Waals surface area (Å²) in [6, 6.07) is 8.53. The predicted molar refractivity (Wildman–Crippen MR) is 107 cm³/mol. The third kappa shape index (κ3) is 5.84. The van der Waals surface area contributed by atoms with E-state index in [0.29, 0.717) is 15.7 Å². The van der Waals surface area contributed by atoms with E-state index in [0.717, 1.165) is 0 Å². The monoisotopic (exact) mass is 430 g/mol. The van der Waals surface area contributed by atoms with Crippen LogP contribution in [0.1, 0.15) is 31.1 Å². The van der Waals surface area contributed by atoms with Crippen LogP contribution in [-0.2, 0) is 10.0 Å². The van der Waals surface area contributed by atoms with Gasteiger partial charge in [0.15, 0.2) is 0 Å². The van der Waals surface area contributed by atoms with Gasteiger partial charge in [0.2, 0.25) is 10.0 Å². The minimum absolute atomic E-state index is 0.102. The zero-order valence-corrected chi connectivity index (χ0v) is 17.4. The largest absolute Gasteiger partial charge is 0.492 e. The molecule has 6 nitrogen and oxygen atoms in total. The first kappa shape index (κ1) is 21.5. The van der Waals surface area contributed by atoms with Crippen molar-refractivity contribution in [3.8, 4) is 5.75 Å². The molecule has 0 heterocycles. The van der Waals surface area contributed by atoms with Gasteiger partial charge in [-0.05, 0) is 57.2 Å². The van der Waals surface area contributed by atoms with Gasteiger partial charge in [-0.15, -0.1) is 0 Å². The van der Waals surface area contributed by atoms with Gasteiger partial charge < -0.3 is 10.1 Å². The molecule has 0 aromatic heterocycles. The van der Waals surface area contributed by atoms with Crippen LogP contribution in [0.5, 0.6) is 5.75 Å². The summed E-state index contributed by atoms with van der Waals surface area (Å²) < 4.78 is 33.1. The van der Waals surface area contributed by atoms with Crippen LogP contribution < -0.4 is 14.8 Å². The summed E-state index contributed by atoms with van der Waals surface area (Å²) in [7, 11) is -3.85. The van der Waals surface area contributed by atoms with Crippen LogP contribution >= 0.6 is 23.2 Å². The molecule has 9 heteroatoms. The molecule has 2 aromatic carbocycles. The van der Waals surface area contributed by atoms with Gasteiger partial charge in [0.1, 0.15) is 10.6 Å². The minimum Gasteiger partial charge on any atom is -0.492 e. The van der Waals surface area contributed by atoms with E-state index in [-0.39, 0.29) is 28.9 Å². The Balaban J connectivity index is 2.39. The molecule has 2 aromatic rings. The molecule has 0 atom stereocenters. The Hall–Kier alpha value is -1.80. The molecule has 1 amide bonds. The van der Waals surface area contributed by atoms with Crippen molar-refractivity contribution in [1.82, 2.24) is 4.72 Å². The number of ether oxygens (including phenoxy) is 1. The predicted octanol–water partition coefficient (Wildman–Crippen LogP) is 4.33. The zero-order valence-electron chi connectivity index (χ0n) is 15.0. The number of nitrogens with one attached hydrogen (secondary N) is 2. The molecule has 0 saturated heterocycles. The number of carbonyl (C=O) groups is 1. The van der Waals surface area contributed by atoms with Crippen molar-refractivity contribution in [3.05, 3.63) is 52.0 Å². The Morgan fingerprint density at radius 3 is 2.30 bits per heavy atom. The van der Waals surface area contributed by atoms with Gasteiger partial charge in [-0.25, -0.2) is 13.1 Å². The number of benzene rings is 2. The Bertz CT molecular complexity index is 926. The molecule has 0 radical (unpaired) electrons. The van der Waals surface area contributed by atoms with Gasteiger partial charge in [0, 0.05) is 27.3 Å². The first-order chi connectivity index (χ1) is 12.6. The van der Waals surface area contributed by atoms with E-state index in [9.17, 15) is 13.2 Å². The highest BCUT2D eigenvalue weighted by Crippen LogP contribution is 2.27. The summed E-state index contributed by atoms with van der Waals surface area (Å²) in [6.45, 7) is 5.45. The van der Waals surface area contributed by atoms with Gasteiger partial charge in [-0.2, -0.15) is 0 Å². The molecule has 0 aliphatic heterocycles. The Morgan fingerprint density at radius 1 is 1.11 bits per heavy atom. The molecule has 146 valence electrons. The van der Waals surface area contributed by atoms with Crippen LogP contribution in [0.3, 0.4) is 0 Å². The van der Waals surface area contributed by atoms with Gasteiger partial charge in [0.05, 0.1) is 6.61 Å². The highest BCUT2D eigenvalue weighted by molar-refractivity contribution is 7.89. The lowest BCUT2D eigenvalue weighted by Crippen LogP contribution is -2.30. The van der Waals surface area contributed by atoms with Crippen LogP contribution in [0.4, 0.5) is 5.69 Å². The van der Waals surface area contributed by atoms with E-state index in [1.807, 2.05) is 0 Å². The maximum atomic E-state index is 12.6. The maximum absolute atomic E-state index is 12.6. The molecule has 0 unspecified atom stereocenters. The van der Waals surface area contributed by atoms with E-state index in [2.05, 4.69) is 10.0 Å². The first-order valence-electron chi connectivity index (χ1n) is 8.19. The fraction of sp³-hybridized carbons (Fsp3) is 0.278. The molecule has 0 bridgehead atoms. The van der Waals surface area contributed by atoms with E-state index in [1.54, 1.807) is 20.8 Å². The summed E-state index contributed by atoms with van der Waals surface area (Å²) >= 11 is 11.9. The summed E-state index contributed by atoms with van der Waals surface area (Å²) in [5.41, 5.74) is 0.551. The van der Waals surface area contributed by atoms with E-state index < -0.39 is 15.9 Å². The Kier molecular flexibility index (Phi) is 7.11. The smallest absolute Gasteiger partial charge is 0.255 e. The van der Waals surface area contributed by atoms with Crippen LogP contribution in [0.25, 0.3) is 0 Å². The fourth-order valence-corrected chi connectivity index (χ4v) is 4.28. The van der Waals surface area contributed by atoms with Gasteiger partial charge in [-0.1, -0.05) is 23.2 Å². The Labute approximate surface area is 168 Å². The van der Waals surface area contributed by atoms with E-state index in [1.165, 1.54) is 36.4 Å². The number of sulfonamides is 1. The third-order valence-corrected chi connectivity index (χ3v) is 5.42. The van der Waals surface area contributed by atoms with Gasteiger partial charge in [-0.3, -0.25) is 4.79 Å². The highest BCUT2D eigenvalue weighted by atomic mass is 35.5. The molecule has 0 fully saturated rings. The number of halogens is 2. The SMILES string of the molecule is CCOc1ccc(C(=O)Nc2cc(Cl)cc(Cl)c2)cc1S(=O)(=O)NC(C)C. The number of hydrogen-bond acceptors (Lipinski definition) is 4. The second-order valence-corrected chi connectivity index (χ2v) is 8.54. The number of anilines is 1. The molecule has 27 heavy (non-hydrogen) atoms. The lowest BCUT2D eigenvalue weighted by molar-refractivity contribution is 0.102. The normalized spacial score (nSPS) is 11.5. The average Bonchev–Trinajstić information content (AvgIpc) is 2.53.